The first-order valence-electron chi connectivity index (χ1n) is 7.43. The monoisotopic (exact) mass is 282 g/mol. The fraction of sp³-hybridized carbons (Fsp3) is 0.733. The molecule has 3 N–H and O–H groups in total. The predicted octanol–water partition coefficient (Wildman–Crippen LogP) is 2.53. The second-order valence-electron chi connectivity index (χ2n) is 5.68. The van der Waals surface area contributed by atoms with Crippen LogP contribution >= 0.6 is 0 Å². The summed E-state index contributed by atoms with van der Waals surface area (Å²) in [5.74, 6) is -1.41. The lowest BCUT2D eigenvalue weighted by molar-refractivity contribution is -0.142. The van der Waals surface area contributed by atoms with Crippen LogP contribution in [0.3, 0.4) is 0 Å². The quantitative estimate of drug-likeness (QED) is 0.628. The Morgan fingerprint density at radius 1 is 1.30 bits per heavy atom. The fourth-order valence-corrected chi connectivity index (χ4v) is 2.34. The van der Waals surface area contributed by atoms with Gasteiger partial charge in [0.05, 0.1) is 5.92 Å². The maximum atomic E-state index is 11.6. The molecule has 5 heteroatoms. The first kappa shape index (κ1) is 16.5. The molecule has 0 aromatic heterocycles. The lowest BCUT2D eigenvalue weighted by atomic mass is 9.96. The Morgan fingerprint density at radius 2 is 2.05 bits per heavy atom. The summed E-state index contributed by atoms with van der Waals surface area (Å²) in [6.07, 6.45) is 7.95. The summed E-state index contributed by atoms with van der Waals surface area (Å²) in [5, 5.41) is 14.4. The molecule has 114 valence electrons. The topological polar surface area (TPSA) is 78.4 Å². The Morgan fingerprint density at radius 3 is 2.60 bits per heavy atom. The van der Waals surface area contributed by atoms with Gasteiger partial charge in [0.1, 0.15) is 0 Å². The van der Waals surface area contributed by atoms with Gasteiger partial charge in [-0.2, -0.15) is 0 Å². The van der Waals surface area contributed by atoms with Gasteiger partial charge in [0.15, 0.2) is 0 Å². The largest absolute Gasteiger partial charge is 0.481 e. The molecule has 0 saturated carbocycles. The lowest BCUT2D eigenvalue weighted by Crippen LogP contribution is -2.41. The van der Waals surface area contributed by atoms with Crippen LogP contribution < -0.4 is 10.6 Å². The zero-order valence-corrected chi connectivity index (χ0v) is 12.4. The van der Waals surface area contributed by atoms with Gasteiger partial charge >= 0.3 is 12.0 Å². The predicted molar refractivity (Wildman–Crippen MR) is 78.5 cm³/mol. The first-order valence-corrected chi connectivity index (χ1v) is 7.43. The van der Waals surface area contributed by atoms with E-state index in [0.717, 1.165) is 19.3 Å². The molecule has 0 saturated heterocycles. The second kappa shape index (κ2) is 8.61. The van der Waals surface area contributed by atoms with Crippen LogP contribution in [0.25, 0.3) is 0 Å². The number of aliphatic carboxylic acids is 1. The Hall–Kier alpha value is -1.52. The first-order chi connectivity index (χ1) is 9.50. The number of hydrogen-bond donors (Lipinski definition) is 3. The Bertz CT molecular complexity index is 364. The summed E-state index contributed by atoms with van der Waals surface area (Å²) in [4.78, 5) is 22.6. The standard InChI is InChI=1S/C15H26N2O3/c1-11(2)13(14(18)19)10-17-15(20)16-9-8-12-6-4-3-5-7-12/h6,11,13H,3-5,7-10H2,1-2H3,(H,18,19)(H2,16,17,20). The van der Waals surface area contributed by atoms with Crippen LogP contribution in [0.15, 0.2) is 11.6 Å². The van der Waals surface area contributed by atoms with E-state index in [1.54, 1.807) is 0 Å². The van der Waals surface area contributed by atoms with E-state index < -0.39 is 11.9 Å². The molecule has 1 aliphatic carbocycles. The SMILES string of the molecule is CC(C)C(CNC(=O)NCCC1=CCCCC1)C(=O)O. The molecule has 0 bridgehead atoms. The van der Waals surface area contributed by atoms with Gasteiger partial charge in [-0.15, -0.1) is 0 Å². The summed E-state index contributed by atoms with van der Waals surface area (Å²) in [6.45, 7) is 4.46. The van der Waals surface area contributed by atoms with Crippen molar-refractivity contribution in [3.05, 3.63) is 11.6 Å². The number of hydrogen-bond acceptors (Lipinski definition) is 2. The van der Waals surface area contributed by atoms with Crippen molar-refractivity contribution in [2.75, 3.05) is 13.1 Å². The van der Waals surface area contributed by atoms with Crippen LogP contribution in [-0.4, -0.2) is 30.2 Å². The number of carboxylic acid groups (broad SMARTS) is 1. The highest BCUT2D eigenvalue weighted by Crippen LogP contribution is 2.19. The van der Waals surface area contributed by atoms with E-state index in [1.807, 2.05) is 13.8 Å². The third-order valence-corrected chi connectivity index (χ3v) is 3.72. The summed E-state index contributed by atoms with van der Waals surface area (Å²) in [7, 11) is 0. The Kier molecular flexibility index (Phi) is 7.12. The summed E-state index contributed by atoms with van der Waals surface area (Å²) in [6, 6.07) is -0.284. The van der Waals surface area contributed by atoms with Crippen molar-refractivity contribution in [3.63, 3.8) is 0 Å². The minimum Gasteiger partial charge on any atom is -0.481 e. The Labute approximate surface area is 120 Å². The molecular formula is C15H26N2O3. The molecule has 0 aromatic rings. The van der Waals surface area contributed by atoms with Gasteiger partial charge in [0.2, 0.25) is 0 Å². The molecule has 0 spiro atoms. The molecule has 1 aliphatic rings. The molecule has 0 fully saturated rings. The summed E-state index contributed by atoms with van der Waals surface area (Å²) in [5.41, 5.74) is 1.42. The van der Waals surface area contributed by atoms with E-state index in [1.165, 1.54) is 18.4 Å². The van der Waals surface area contributed by atoms with Gasteiger partial charge in [0, 0.05) is 13.1 Å². The van der Waals surface area contributed by atoms with Gasteiger partial charge in [-0.05, 0) is 38.0 Å². The highest BCUT2D eigenvalue weighted by molar-refractivity contribution is 5.75. The summed E-state index contributed by atoms with van der Waals surface area (Å²) >= 11 is 0. The maximum Gasteiger partial charge on any atom is 0.314 e. The van der Waals surface area contributed by atoms with Gasteiger partial charge in [0.25, 0.3) is 0 Å². The number of allylic oxidation sites excluding steroid dienone is 1. The number of nitrogens with one attached hydrogen (secondary N) is 2. The van der Waals surface area contributed by atoms with Crippen molar-refractivity contribution in [2.45, 2.75) is 46.0 Å². The van der Waals surface area contributed by atoms with Crippen LogP contribution in [-0.2, 0) is 4.79 Å². The average molecular weight is 282 g/mol. The van der Waals surface area contributed by atoms with Crippen molar-refractivity contribution in [1.82, 2.24) is 10.6 Å². The van der Waals surface area contributed by atoms with Crippen molar-refractivity contribution < 1.29 is 14.7 Å². The molecule has 1 rings (SSSR count). The fourth-order valence-electron chi connectivity index (χ4n) is 2.34. The van der Waals surface area contributed by atoms with Crippen molar-refractivity contribution in [2.24, 2.45) is 11.8 Å². The minimum absolute atomic E-state index is 0.000180. The van der Waals surface area contributed by atoms with Crippen molar-refractivity contribution in [3.8, 4) is 0 Å². The highest BCUT2D eigenvalue weighted by atomic mass is 16.4. The molecular weight excluding hydrogens is 256 g/mol. The van der Waals surface area contributed by atoms with E-state index in [4.69, 9.17) is 5.11 Å². The second-order valence-corrected chi connectivity index (χ2v) is 5.68. The van der Waals surface area contributed by atoms with Crippen LogP contribution in [0.4, 0.5) is 4.79 Å². The number of carboxylic acids is 1. The third kappa shape index (κ3) is 6.08. The molecule has 0 aliphatic heterocycles. The maximum absolute atomic E-state index is 11.6. The van der Waals surface area contributed by atoms with E-state index in [2.05, 4.69) is 16.7 Å². The van der Waals surface area contributed by atoms with Crippen LogP contribution in [0, 0.1) is 11.8 Å². The molecule has 1 atom stereocenters. The molecule has 1 unspecified atom stereocenters. The Balaban J connectivity index is 2.19. The number of amides is 2. The highest BCUT2D eigenvalue weighted by Gasteiger charge is 2.21. The van der Waals surface area contributed by atoms with E-state index in [-0.39, 0.29) is 18.5 Å². The molecule has 5 nitrogen and oxygen atoms in total. The lowest BCUT2D eigenvalue weighted by Gasteiger charge is -2.17. The zero-order valence-electron chi connectivity index (χ0n) is 12.4. The smallest absolute Gasteiger partial charge is 0.314 e. The average Bonchev–Trinajstić information content (AvgIpc) is 2.39. The van der Waals surface area contributed by atoms with Crippen molar-refractivity contribution in [1.29, 1.82) is 0 Å². The molecule has 0 heterocycles. The normalized spacial score (nSPS) is 16.4. The minimum atomic E-state index is -0.868. The summed E-state index contributed by atoms with van der Waals surface area (Å²) < 4.78 is 0. The zero-order chi connectivity index (χ0) is 15.0. The molecule has 0 radical (unpaired) electrons. The van der Waals surface area contributed by atoms with E-state index in [9.17, 15) is 9.59 Å². The number of carbonyl (C=O) groups excluding carboxylic acids is 1. The van der Waals surface area contributed by atoms with Gasteiger partial charge in [-0.25, -0.2) is 4.79 Å². The van der Waals surface area contributed by atoms with E-state index in [0.29, 0.717) is 6.54 Å². The molecule has 2 amide bonds. The van der Waals surface area contributed by atoms with Crippen molar-refractivity contribution >= 4 is 12.0 Å². The van der Waals surface area contributed by atoms with Gasteiger partial charge in [-0.3, -0.25) is 4.79 Å². The van der Waals surface area contributed by atoms with Gasteiger partial charge in [-0.1, -0.05) is 25.5 Å². The number of carbonyl (C=O) groups is 2. The number of urea groups is 1. The number of rotatable bonds is 7. The van der Waals surface area contributed by atoms with Crippen LogP contribution in [0.5, 0.6) is 0 Å². The molecule has 0 aromatic carbocycles. The van der Waals surface area contributed by atoms with E-state index >= 15 is 0 Å². The molecule has 20 heavy (non-hydrogen) atoms. The van der Waals surface area contributed by atoms with Crippen LogP contribution in [0.1, 0.15) is 46.0 Å². The van der Waals surface area contributed by atoms with Crippen LogP contribution in [0.2, 0.25) is 0 Å². The third-order valence-electron chi connectivity index (χ3n) is 3.72. The van der Waals surface area contributed by atoms with Gasteiger partial charge < -0.3 is 15.7 Å².